The van der Waals surface area contributed by atoms with Crippen molar-refractivity contribution in [2.45, 2.75) is 6.61 Å². The van der Waals surface area contributed by atoms with Crippen LogP contribution >= 0.6 is 11.6 Å². The molecule has 0 fully saturated rings. The zero-order valence-corrected chi connectivity index (χ0v) is 16.9. The SMILES string of the molecule is COc1cc(/C=C2\N=C(c3ccccc3)OC2=O)cc(Cl)c1OCc1ccccc1. The highest BCUT2D eigenvalue weighted by atomic mass is 35.5. The molecule has 0 unspecified atom stereocenters. The summed E-state index contributed by atoms with van der Waals surface area (Å²) in [6, 6.07) is 22.4. The van der Waals surface area contributed by atoms with Crippen molar-refractivity contribution in [1.29, 1.82) is 0 Å². The first-order valence-corrected chi connectivity index (χ1v) is 9.64. The Hall–Kier alpha value is -3.57. The Morgan fingerprint density at radius 1 is 1.03 bits per heavy atom. The van der Waals surface area contributed by atoms with Gasteiger partial charge in [0.15, 0.2) is 17.2 Å². The Bertz CT molecular complexity index is 1120. The summed E-state index contributed by atoms with van der Waals surface area (Å²) >= 11 is 6.44. The molecule has 150 valence electrons. The molecule has 1 aliphatic rings. The predicted molar refractivity (Wildman–Crippen MR) is 116 cm³/mol. The lowest BCUT2D eigenvalue weighted by molar-refractivity contribution is -0.129. The van der Waals surface area contributed by atoms with Gasteiger partial charge in [-0.1, -0.05) is 60.1 Å². The first kappa shape index (κ1) is 19.7. The number of nitrogens with zero attached hydrogens (tertiary/aromatic N) is 1. The smallest absolute Gasteiger partial charge is 0.363 e. The third-order valence-electron chi connectivity index (χ3n) is 4.42. The number of hydrogen-bond donors (Lipinski definition) is 0. The molecule has 3 aromatic rings. The Morgan fingerprint density at radius 3 is 2.43 bits per heavy atom. The van der Waals surface area contributed by atoms with Gasteiger partial charge in [0.05, 0.1) is 12.1 Å². The highest BCUT2D eigenvalue weighted by Crippen LogP contribution is 2.37. The van der Waals surface area contributed by atoms with Crippen LogP contribution in [-0.2, 0) is 16.1 Å². The number of aliphatic imine (C=N–C) groups is 1. The summed E-state index contributed by atoms with van der Waals surface area (Å²) in [7, 11) is 1.54. The second-order valence-electron chi connectivity index (χ2n) is 6.51. The third-order valence-corrected chi connectivity index (χ3v) is 4.70. The van der Waals surface area contributed by atoms with Gasteiger partial charge in [-0.15, -0.1) is 0 Å². The lowest BCUT2D eigenvalue weighted by atomic mass is 10.1. The minimum absolute atomic E-state index is 0.185. The first-order chi connectivity index (χ1) is 14.6. The average molecular weight is 420 g/mol. The van der Waals surface area contributed by atoms with Gasteiger partial charge in [0.2, 0.25) is 5.90 Å². The summed E-state index contributed by atoms with van der Waals surface area (Å²) in [6.45, 7) is 0.356. The molecule has 0 atom stereocenters. The van der Waals surface area contributed by atoms with E-state index in [4.69, 9.17) is 25.8 Å². The largest absolute Gasteiger partial charge is 0.493 e. The molecular weight excluding hydrogens is 402 g/mol. The van der Waals surface area contributed by atoms with Crippen molar-refractivity contribution in [2.24, 2.45) is 4.99 Å². The molecule has 0 saturated heterocycles. The number of cyclic esters (lactones) is 1. The van der Waals surface area contributed by atoms with Crippen LogP contribution in [-0.4, -0.2) is 19.0 Å². The molecule has 0 spiro atoms. The van der Waals surface area contributed by atoms with Gasteiger partial charge in [-0.05, 0) is 41.5 Å². The number of methoxy groups -OCH3 is 1. The van der Waals surface area contributed by atoms with Crippen LogP contribution in [0.3, 0.4) is 0 Å². The number of ether oxygens (including phenoxy) is 3. The summed E-state index contributed by atoms with van der Waals surface area (Å²) in [5, 5.41) is 0.371. The van der Waals surface area contributed by atoms with Gasteiger partial charge in [0, 0.05) is 5.56 Å². The van der Waals surface area contributed by atoms with Crippen LogP contribution in [0.1, 0.15) is 16.7 Å². The summed E-state index contributed by atoms with van der Waals surface area (Å²) in [6.07, 6.45) is 1.60. The van der Waals surface area contributed by atoms with Gasteiger partial charge in [0.25, 0.3) is 0 Å². The summed E-state index contributed by atoms with van der Waals surface area (Å²) in [5.74, 6) is 0.651. The Labute approximate surface area is 179 Å². The highest BCUT2D eigenvalue weighted by Gasteiger charge is 2.24. The molecule has 0 radical (unpaired) electrons. The van der Waals surface area contributed by atoms with Crippen molar-refractivity contribution in [3.63, 3.8) is 0 Å². The normalized spacial score (nSPS) is 14.4. The zero-order chi connectivity index (χ0) is 20.9. The fourth-order valence-electron chi connectivity index (χ4n) is 2.96. The van der Waals surface area contributed by atoms with E-state index in [1.54, 1.807) is 18.2 Å². The van der Waals surface area contributed by atoms with Gasteiger partial charge in [-0.3, -0.25) is 0 Å². The zero-order valence-electron chi connectivity index (χ0n) is 16.2. The standard InChI is InChI=1S/C24H18ClNO4/c1-28-21-14-17(12-19(25)22(21)29-15-16-8-4-2-5-9-16)13-20-24(27)30-23(26-20)18-10-6-3-7-11-18/h2-14H,15H2,1H3/b20-13-. The number of benzene rings is 3. The van der Waals surface area contributed by atoms with Gasteiger partial charge in [0.1, 0.15) is 6.61 Å². The summed E-state index contributed by atoms with van der Waals surface area (Å²) < 4.78 is 16.6. The van der Waals surface area contributed by atoms with E-state index in [-0.39, 0.29) is 11.6 Å². The number of carbonyl (C=O) groups is 1. The molecule has 4 rings (SSSR count). The second-order valence-corrected chi connectivity index (χ2v) is 6.92. The fraction of sp³-hybridized carbons (Fsp3) is 0.0833. The minimum atomic E-state index is -0.520. The maximum atomic E-state index is 12.2. The van der Waals surface area contributed by atoms with Crippen molar-refractivity contribution >= 4 is 29.5 Å². The van der Waals surface area contributed by atoms with Gasteiger partial charge in [-0.25, -0.2) is 9.79 Å². The third kappa shape index (κ3) is 4.36. The molecule has 1 aliphatic heterocycles. The fourth-order valence-corrected chi connectivity index (χ4v) is 3.24. The maximum Gasteiger partial charge on any atom is 0.363 e. The number of halogens is 1. The van der Waals surface area contributed by atoms with Crippen LogP contribution in [0.25, 0.3) is 6.08 Å². The van der Waals surface area contributed by atoms with Crippen molar-refractivity contribution < 1.29 is 19.0 Å². The van der Waals surface area contributed by atoms with E-state index in [1.165, 1.54) is 7.11 Å². The van der Waals surface area contributed by atoms with Crippen molar-refractivity contribution in [2.75, 3.05) is 7.11 Å². The maximum absolute atomic E-state index is 12.2. The van der Waals surface area contributed by atoms with Crippen LogP contribution in [0.15, 0.2) is 83.5 Å². The molecule has 0 aromatic heterocycles. The van der Waals surface area contributed by atoms with E-state index >= 15 is 0 Å². The van der Waals surface area contributed by atoms with E-state index < -0.39 is 5.97 Å². The van der Waals surface area contributed by atoms with Gasteiger partial charge >= 0.3 is 5.97 Å². The van der Waals surface area contributed by atoms with E-state index in [1.807, 2.05) is 60.7 Å². The highest BCUT2D eigenvalue weighted by molar-refractivity contribution is 6.32. The molecule has 30 heavy (non-hydrogen) atoms. The summed E-state index contributed by atoms with van der Waals surface area (Å²) in [4.78, 5) is 16.5. The number of rotatable bonds is 6. The quantitative estimate of drug-likeness (QED) is 0.403. The molecule has 3 aromatic carbocycles. The van der Waals surface area contributed by atoms with Crippen molar-refractivity contribution in [1.82, 2.24) is 0 Å². The van der Waals surface area contributed by atoms with Crippen LogP contribution < -0.4 is 9.47 Å². The Balaban J connectivity index is 1.60. The molecule has 0 saturated carbocycles. The van der Waals surface area contributed by atoms with Crippen LogP contribution in [0.2, 0.25) is 5.02 Å². The second kappa shape index (κ2) is 8.84. The predicted octanol–water partition coefficient (Wildman–Crippen LogP) is 5.27. The van der Waals surface area contributed by atoms with Crippen LogP contribution in [0.4, 0.5) is 0 Å². The molecule has 1 heterocycles. The van der Waals surface area contributed by atoms with E-state index in [0.29, 0.717) is 28.7 Å². The number of carbonyl (C=O) groups excluding carboxylic acids is 1. The molecule has 0 aliphatic carbocycles. The number of hydrogen-bond acceptors (Lipinski definition) is 5. The van der Waals surface area contributed by atoms with Crippen LogP contribution in [0, 0.1) is 0 Å². The topological polar surface area (TPSA) is 57.1 Å². The van der Waals surface area contributed by atoms with Crippen molar-refractivity contribution in [3.05, 3.63) is 100 Å². The Kier molecular flexibility index (Phi) is 5.82. The molecule has 5 nitrogen and oxygen atoms in total. The molecule has 0 amide bonds. The monoisotopic (exact) mass is 419 g/mol. The van der Waals surface area contributed by atoms with Gasteiger partial charge in [-0.2, -0.15) is 0 Å². The van der Waals surface area contributed by atoms with E-state index in [2.05, 4.69) is 4.99 Å². The van der Waals surface area contributed by atoms with Gasteiger partial charge < -0.3 is 14.2 Å². The minimum Gasteiger partial charge on any atom is -0.493 e. The van der Waals surface area contributed by atoms with Crippen molar-refractivity contribution in [3.8, 4) is 11.5 Å². The number of esters is 1. The lowest BCUT2D eigenvalue weighted by Gasteiger charge is -2.13. The molecule has 0 bridgehead atoms. The summed E-state index contributed by atoms with van der Waals surface area (Å²) in [5.41, 5.74) is 2.58. The molecular formula is C24H18ClNO4. The molecule has 6 heteroatoms. The van der Waals surface area contributed by atoms with Crippen LogP contribution in [0.5, 0.6) is 11.5 Å². The van der Waals surface area contributed by atoms with E-state index in [0.717, 1.165) is 11.1 Å². The average Bonchev–Trinajstić information content (AvgIpc) is 3.14. The first-order valence-electron chi connectivity index (χ1n) is 9.26. The lowest BCUT2D eigenvalue weighted by Crippen LogP contribution is -2.05. The molecule has 0 N–H and O–H groups in total. The Morgan fingerprint density at radius 2 is 1.73 bits per heavy atom. The van der Waals surface area contributed by atoms with E-state index in [9.17, 15) is 4.79 Å².